The van der Waals surface area contributed by atoms with Gasteiger partial charge < -0.3 is 10.1 Å². The SMILES string of the molecule is CCCCCCCOc1cccc(NCC2CC2)c1. The molecule has 2 rings (SSSR count). The van der Waals surface area contributed by atoms with Gasteiger partial charge in [-0.25, -0.2) is 0 Å². The van der Waals surface area contributed by atoms with E-state index in [9.17, 15) is 0 Å². The second-order valence-corrected chi connectivity index (χ2v) is 5.61. The summed E-state index contributed by atoms with van der Waals surface area (Å²) in [5.74, 6) is 1.90. The first kappa shape index (κ1) is 14.2. The Bertz CT molecular complexity index is 360. The highest BCUT2D eigenvalue weighted by atomic mass is 16.5. The molecule has 0 saturated heterocycles. The van der Waals surface area contributed by atoms with Crippen molar-refractivity contribution < 1.29 is 4.74 Å². The Morgan fingerprint density at radius 2 is 2.00 bits per heavy atom. The lowest BCUT2D eigenvalue weighted by Gasteiger charge is -2.09. The van der Waals surface area contributed by atoms with Crippen molar-refractivity contribution >= 4 is 5.69 Å². The number of hydrogen-bond acceptors (Lipinski definition) is 2. The van der Waals surface area contributed by atoms with Gasteiger partial charge in [0, 0.05) is 18.3 Å². The minimum Gasteiger partial charge on any atom is -0.494 e. The van der Waals surface area contributed by atoms with E-state index < -0.39 is 0 Å². The summed E-state index contributed by atoms with van der Waals surface area (Å²) in [7, 11) is 0. The van der Waals surface area contributed by atoms with Crippen molar-refractivity contribution in [3.05, 3.63) is 24.3 Å². The van der Waals surface area contributed by atoms with Crippen LogP contribution < -0.4 is 10.1 Å². The molecule has 1 saturated carbocycles. The molecule has 1 aliphatic rings. The molecule has 2 heteroatoms. The van der Waals surface area contributed by atoms with Crippen molar-refractivity contribution in [2.24, 2.45) is 5.92 Å². The van der Waals surface area contributed by atoms with Crippen LogP contribution in [-0.2, 0) is 0 Å². The van der Waals surface area contributed by atoms with Crippen LogP contribution in [0.15, 0.2) is 24.3 Å². The summed E-state index contributed by atoms with van der Waals surface area (Å²) in [5.41, 5.74) is 1.19. The molecule has 0 unspecified atom stereocenters. The number of benzene rings is 1. The number of ether oxygens (including phenoxy) is 1. The van der Waals surface area contributed by atoms with Crippen LogP contribution >= 0.6 is 0 Å². The number of rotatable bonds is 10. The first-order valence-corrected chi connectivity index (χ1v) is 7.85. The molecule has 1 aromatic rings. The maximum Gasteiger partial charge on any atom is 0.121 e. The largest absolute Gasteiger partial charge is 0.494 e. The molecule has 0 radical (unpaired) electrons. The van der Waals surface area contributed by atoms with Gasteiger partial charge in [-0.05, 0) is 37.3 Å². The van der Waals surface area contributed by atoms with Crippen molar-refractivity contribution in [3.8, 4) is 5.75 Å². The van der Waals surface area contributed by atoms with E-state index in [1.807, 2.05) is 6.07 Å². The summed E-state index contributed by atoms with van der Waals surface area (Å²) in [5, 5.41) is 3.49. The van der Waals surface area contributed by atoms with E-state index in [0.29, 0.717) is 0 Å². The maximum atomic E-state index is 5.81. The third-order valence-corrected chi connectivity index (χ3v) is 3.64. The van der Waals surface area contributed by atoms with Gasteiger partial charge in [-0.1, -0.05) is 38.7 Å². The second-order valence-electron chi connectivity index (χ2n) is 5.61. The molecule has 0 spiro atoms. The van der Waals surface area contributed by atoms with Gasteiger partial charge in [0.2, 0.25) is 0 Å². The van der Waals surface area contributed by atoms with Gasteiger partial charge in [-0.3, -0.25) is 0 Å². The van der Waals surface area contributed by atoms with E-state index in [1.54, 1.807) is 0 Å². The lowest BCUT2D eigenvalue weighted by Crippen LogP contribution is -2.03. The van der Waals surface area contributed by atoms with E-state index in [0.717, 1.165) is 24.8 Å². The minimum atomic E-state index is 0.843. The standard InChI is InChI=1S/C17H27NO/c1-2-3-4-5-6-12-19-17-9-7-8-16(13-17)18-14-15-10-11-15/h7-9,13,15,18H,2-6,10-12,14H2,1H3. The Hall–Kier alpha value is -1.18. The van der Waals surface area contributed by atoms with Crippen LogP contribution in [0.1, 0.15) is 51.9 Å². The highest BCUT2D eigenvalue weighted by Gasteiger charge is 2.20. The van der Waals surface area contributed by atoms with E-state index in [4.69, 9.17) is 4.74 Å². The van der Waals surface area contributed by atoms with Gasteiger partial charge in [-0.2, -0.15) is 0 Å². The van der Waals surface area contributed by atoms with Crippen LogP contribution in [0, 0.1) is 5.92 Å². The van der Waals surface area contributed by atoms with Crippen LogP contribution in [0.5, 0.6) is 5.75 Å². The summed E-state index contributed by atoms with van der Waals surface area (Å²) in [6.45, 7) is 4.20. The molecule has 0 atom stereocenters. The smallest absolute Gasteiger partial charge is 0.121 e. The predicted molar refractivity (Wildman–Crippen MR) is 81.9 cm³/mol. The summed E-state index contributed by atoms with van der Waals surface area (Å²) in [6, 6.07) is 8.36. The highest BCUT2D eigenvalue weighted by Crippen LogP contribution is 2.29. The summed E-state index contributed by atoms with van der Waals surface area (Å²) >= 11 is 0. The Morgan fingerprint density at radius 1 is 1.16 bits per heavy atom. The van der Waals surface area contributed by atoms with Gasteiger partial charge >= 0.3 is 0 Å². The number of nitrogens with one attached hydrogen (secondary N) is 1. The molecule has 0 amide bonds. The van der Waals surface area contributed by atoms with Crippen LogP contribution in [0.2, 0.25) is 0 Å². The number of anilines is 1. The zero-order valence-electron chi connectivity index (χ0n) is 12.2. The van der Waals surface area contributed by atoms with Crippen LogP contribution in [-0.4, -0.2) is 13.2 Å². The second kappa shape index (κ2) is 8.08. The lowest BCUT2D eigenvalue weighted by molar-refractivity contribution is 0.304. The lowest BCUT2D eigenvalue weighted by atomic mass is 10.2. The Kier molecular flexibility index (Phi) is 6.06. The molecule has 0 bridgehead atoms. The van der Waals surface area contributed by atoms with E-state index >= 15 is 0 Å². The fourth-order valence-corrected chi connectivity index (χ4v) is 2.18. The number of unbranched alkanes of at least 4 members (excludes halogenated alkanes) is 4. The zero-order valence-corrected chi connectivity index (χ0v) is 12.2. The maximum absolute atomic E-state index is 5.81. The molecule has 0 aromatic heterocycles. The van der Waals surface area contributed by atoms with Gasteiger partial charge in [0.05, 0.1) is 6.61 Å². The van der Waals surface area contributed by atoms with Crippen molar-refractivity contribution in [1.29, 1.82) is 0 Å². The van der Waals surface area contributed by atoms with Crippen molar-refractivity contribution in [2.45, 2.75) is 51.9 Å². The van der Waals surface area contributed by atoms with E-state index in [1.165, 1.54) is 50.6 Å². The third kappa shape index (κ3) is 6.00. The van der Waals surface area contributed by atoms with Gasteiger partial charge in [-0.15, -0.1) is 0 Å². The Balaban J connectivity index is 1.63. The zero-order chi connectivity index (χ0) is 13.3. The van der Waals surface area contributed by atoms with Crippen LogP contribution in [0.25, 0.3) is 0 Å². The normalized spacial score (nSPS) is 14.4. The van der Waals surface area contributed by atoms with E-state index in [2.05, 4.69) is 30.4 Å². The summed E-state index contributed by atoms with van der Waals surface area (Å²) in [4.78, 5) is 0. The topological polar surface area (TPSA) is 21.3 Å². The Morgan fingerprint density at radius 3 is 2.79 bits per heavy atom. The third-order valence-electron chi connectivity index (χ3n) is 3.64. The van der Waals surface area contributed by atoms with Crippen LogP contribution in [0.3, 0.4) is 0 Å². The van der Waals surface area contributed by atoms with Crippen molar-refractivity contribution in [2.75, 3.05) is 18.5 Å². The quantitative estimate of drug-likeness (QED) is 0.607. The molecular formula is C17H27NO. The van der Waals surface area contributed by atoms with Crippen molar-refractivity contribution in [3.63, 3.8) is 0 Å². The molecule has 106 valence electrons. The predicted octanol–water partition coefficient (Wildman–Crippen LogP) is 4.86. The average Bonchev–Trinajstić information content (AvgIpc) is 3.25. The molecule has 0 heterocycles. The first-order valence-electron chi connectivity index (χ1n) is 7.85. The first-order chi connectivity index (χ1) is 9.38. The average molecular weight is 261 g/mol. The van der Waals surface area contributed by atoms with Gasteiger partial charge in [0.15, 0.2) is 0 Å². The summed E-state index contributed by atoms with van der Waals surface area (Å²) < 4.78 is 5.81. The molecule has 1 aromatic carbocycles. The molecule has 19 heavy (non-hydrogen) atoms. The Labute approximate surface area is 117 Å². The fraction of sp³-hybridized carbons (Fsp3) is 0.647. The molecular weight excluding hydrogens is 234 g/mol. The number of hydrogen-bond donors (Lipinski definition) is 1. The molecule has 0 aliphatic heterocycles. The van der Waals surface area contributed by atoms with Crippen molar-refractivity contribution in [1.82, 2.24) is 0 Å². The summed E-state index contributed by atoms with van der Waals surface area (Å²) in [6.07, 6.45) is 9.22. The molecule has 1 aliphatic carbocycles. The molecule has 1 N–H and O–H groups in total. The monoisotopic (exact) mass is 261 g/mol. The minimum absolute atomic E-state index is 0.843. The van der Waals surface area contributed by atoms with Gasteiger partial charge in [0.25, 0.3) is 0 Å². The van der Waals surface area contributed by atoms with E-state index in [-0.39, 0.29) is 0 Å². The van der Waals surface area contributed by atoms with Crippen LogP contribution in [0.4, 0.5) is 5.69 Å². The highest BCUT2D eigenvalue weighted by molar-refractivity contribution is 5.48. The van der Waals surface area contributed by atoms with Gasteiger partial charge in [0.1, 0.15) is 5.75 Å². The molecule has 2 nitrogen and oxygen atoms in total. The molecule has 1 fully saturated rings. The fourth-order valence-electron chi connectivity index (χ4n) is 2.18.